The Kier molecular flexibility index (Phi) is 3.10. The molecule has 0 aliphatic heterocycles. The third-order valence-electron chi connectivity index (χ3n) is 1.21. The fourth-order valence-electron chi connectivity index (χ4n) is 0.662. The van der Waals surface area contributed by atoms with Gasteiger partial charge in [-0.15, -0.1) is 0 Å². The van der Waals surface area contributed by atoms with Gasteiger partial charge in [0.15, 0.2) is 0 Å². The lowest BCUT2D eigenvalue weighted by atomic mass is 10.4. The topological polar surface area (TPSA) is 80.3 Å². The second-order valence-corrected chi connectivity index (χ2v) is 3.82. The summed E-state index contributed by atoms with van der Waals surface area (Å²) in [5, 5.41) is 0. The van der Waals surface area contributed by atoms with Gasteiger partial charge in [-0.1, -0.05) is 0 Å². The second-order valence-electron chi connectivity index (χ2n) is 1.94. The average Bonchev–Trinajstić information content (AvgIpc) is 2.04. The molecular weight excluding hydrogens is 200 g/mol. The van der Waals surface area contributed by atoms with Crippen LogP contribution < -0.4 is 0 Å². The van der Waals surface area contributed by atoms with Crippen LogP contribution in [0.25, 0.3) is 0 Å². The molecule has 0 bridgehead atoms. The van der Waals surface area contributed by atoms with E-state index in [9.17, 15) is 17.5 Å². The van der Waals surface area contributed by atoms with E-state index < -0.39 is 22.2 Å². The van der Waals surface area contributed by atoms with Crippen molar-refractivity contribution < 1.29 is 17.5 Å². The quantitative estimate of drug-likeness (QED) is 0.643. The molecule has 1 aromatic rings. The maximum Gasteiger partial charge on any atom is 0.0249 e. The van der Waals surface area contributed by atoms with Gasteiger partial charge in [0.05, 0.1) is 0 Å². The molecule has 1 aromatic carbocycles. The van der Waals surface area contributed by atoms with E-state index in [0.717, 1.165) is 0 Å². The van der Waals surface area contributed by atoms with Crippen LogP contribution >= 0.6 is 0 Å². The first kappa shape index (κ1) is 9.53. The van der Waals surface area contributed by atoms with E-state index in [0.29, 0.717) is 0 Å². The van der Waals surface area contributed by atoms with E-state index >= 15 is 0 Å². The Morgan fingerprint density at radius 2 is 1.08 bits per heavy atom. The molecule has 0 spiro atoms. The van der Waals surface area contributed by atoms with Crippen LogP contribution in [0.5, 0.6) is 0 Å². The molecule has 6 heteroatoms. The first-order valence-electron chi connectivity index (χ1n) is 2.90. The Balaban J connectivity index is 3.01. The Bertz CT molecular complexity index is 286. The molecule has 12 heavy (non-hydrogen) atoms. The van der Waals surface area contributed by atoms with Crippen LogP contribution in [0.2, 0.25) is 0 Å². The summed E-state index contributed by atoms with van der Waals surface area (Å²) in [5.74, 6) is 0. The maximum atomic E-state index is 10.3. The highest BCUT2D eigenvalue weighted by Crippen LogP contribution is 2.09. The number of hydrogen-bond acceptors (Lipinski definition) is 4. The van der Waals surface area contributed by atoms with Crippen molar-refractivity contribution in [3.8, 4) is 0 Å². The van der Waals surface area contributed by atoms with E-state index in [2.05, 4.69) is 0 Å². The van der Waals surface area contributed by atoms with Crippen molar-refractivity contribution in [3.63, 3.8) is 0 Å². The zero-order valence-corrected chi connectivity index (χ0v) is 7.39. The Hall–Kier alpha value is -0.560. The van der Waals surface area contributed by atoms with Gasteiger partial charge < -0.3 is 9.11 Å². The maximum absolute atomic E-state index is 10.3. The monoisotopic (exact) mass is 204 g/mol. The molecule has 0 aliphatic carbocycles. The lowest BCUT2D eigenvalue weighted by Gasteiger charge is -2.07. The molecule has 4 nitrogen and oxygen atoms in total. The highest BCUT2D eigenvalue weighted by atomic mass is 32.2. The first-order valence-corrected chi connectivity index (χ1v) is 5.05. The molecule has 0 saturated heterocycles. The van der Waals surface area contributed by atoms with Crippen LogP contribution in [0.4, 0.5) is 0 Å². The normalized spacial score (nSPS) is 15.5. The smallest absolute Gasteiger partial charge is 0.0249 e. The van der Waals surface area contributed by atoms with Gasteiger partial charge in [-0.25, -0.2) is 0 Å². The van der Waals surface area contributed by atoms with Crippen molar-refractivity contribution in [1.29, 1.82) is 0 Å². The Morgan fingerprint density at radius 1 is 0.833 bits per heavy atom. The van der Waals surface area contributed by atoms with Crippen LogP contribution in [-0.2, 0) is 22.2 Å². The van der Waals surface area contributed by atoms with Crippen LogP contribution in [-0.4, -0.2) is 17.5 Å². The molecule has 0 amide bonds. The van der Waals surface area contributed by atoms with Gasteiger partial charge >= 0.3 is 0 Å². The Labute approximate surface area is 74.2 Å². The summed E-state index contributed by atoms with van der Waals surface area (Å²) in [6.45, 7) is 0. The number of benzene rings is 1. The number of rotatable bonds is 2. The predicted octanol–water partition coefficient (Wildman–Crippen LogP) is 0.163. The molecule has 0 aliphatic rings. The van der Waals surface area contributed by atoms with E-state index in [1.807, 2.05) is 0 Å². The summed E-state index contributed by atoms with van der Waals surface area (Å²) >= 11 is -4.60. The van der Waals surface area contributed by atoms with Crippen molar-refractivity contribution in [3.05, 3.63) is 24.3 Å². The van der Waals surface area contributed by atoms with Crippen molar-refractivity contribution >= 4 is 22.2 Å². The highest BCUT2D eigenvalue weighted by molar-refractivity contribution is 7.79. The largest absolute Gasteiger partial charge is 0.768 e. The van der Waals surface area contributed by atoms with E-state index in [1.165, 1.54) is 24.3 Å². The van der Waals surface area contributed by atoms with E-state index in [4.69, 9.17) is 0 Å². The fourth-order valence-corrected chi connectivity index (χ4v) is 1.38. The minimum Gasteiger partial charge on any atom is -0.768 e. The van der Waals surface area contributed by atoms with Gasteiger partial charge in [0.2, 0.25) is 0 Å². The van der Waals surface area contributed by atoms with E-state index in [-0.39, 0.29) is 9.79 Å². The van der Waals surface area contributed by atoms with Crippen molar-refractivity contribution in [2.45, 2.75) is 9.79 Å². The molecule has 1 rings (SSSR count). The molecule has 0 radical (unpaired) electrons. The third kappa shape index (κ3) is 2.21. The molecule has 0 fully saturated rings. The summed E-state index contributed by atoms with van der Waals surface area (Å²) in [5.41, 5.74) is 0. The molecular formula is C6H4O4S2-2. The van der Waals surface area contributed by atoms with E-state index in [1.54, 1.807) is 0 Å². The second kappa shape index (κ2) is 3.90. The standard InChI is InChI=1S/C6H6O4S2/c7-11(8)5-1-2-6(4-3-5)12(9)10/h1-4H,(H,7,8)(H,9,10)/p-2. The van der Waals surface area contributed by atoms with Gasteiger partial charge in [0.1, 0.15) is 0 Å². The summed E-state index contributed by atoms with van der Waals surface area (Å²) < 4.78 is 41.3. The number of hydrogen-bond donors (Lipinski definition) is 0. The summed E-state index contributed by atoms with van der Waals surface area (Å²) in [6.07, 6.45) is 0. The lowest BCUT2D eigenvalue weighted by Crippen LogP contribution is -1.91. The molecule has 2 unspecified atom stereocenters. The summed E-state index contributed by atoms with van der Waals surface area (Å²) in [4.78, 5) is 0.147. The van der Waals surface area contributed by atoms with Gasteiger partial charge in [-0.3, -0.25) is 8.42 Å². The molecule has 2 atom stereocenters. The first-order chi connectivity index (χ1) is 5.61. The lowest BCUT2D eigenvalue weighted by molar-refractivity contribution is 0.533. The minimum absolute atomic E-state index is 0.0733. The van der Waals surface area contributed by atoms with Gasteiger partial charge in [0, 0.05) is 9.79 Å². The minimum atomic E-state index is -2.30. The van der Waals surface area contributed by atoms with Crippen LogP contribution in [0, 0.1) is 0 Å². The van der Waals surface area contributed by atoms with Gasteiger partial charge in [0.25, 0.3) is 0 Å². The third-order valence-corrected chi connectivity index (χ3v) is 2.52. The van der Waals surface area contributed by atoms with Gasteiger partial charge in [-0.05, 0) is 46.4 Å². The van der Waals surface area contributed by atoms with Crippen molar-refractivity contribution in [2.24, 2.45) is 0 Å². The fraction of sp³-hybridized carbons (Fsp3) is 0. The Morgan fingerprint density at radius 3 is 1.25 bits per heavy atom. The molecule has 0 N–H and O–H groups in total. The molecule has 0 saturated carbocycles. The van der Waals surface area contributed by atoms with Crippen molar-refractivity contribution in [2.75, 3.05) is 0 Å². The zero-order valence-electron chi connectivity index (χ0n) is 5.76. The summed E-state index contributed by atoms with van der Waals surface area (Å²) in [7, 11) is 0. The van der Waals surface area contributed by atoms with Gasteiger partial charge in [-0.2, -0.15) is 0 Å². The zero-order chi connectivity index (χ0) is 9.14. The van der Waals surface area contributed by atoms with Crippen LogP contribution in [0.1, 0.15) is 0 Å². The van der Waals surface area contributed by atoms with Crippen LogP contribution in [0.3, 0.4) is 0 Å². The SMILES string of the molecule is O=S([O-])c1ccc(S(=O)[O-])cc1. The predicted molar refractivity (Wildman–Crippen MR) is 40.8 cm³/mol. The molecule has 0 heterocycles. The summed E-state index contributed by atoms with van der Waals surface area (Å²) in [6, 6.07) is 4.92. The average molecular weight is 204 g/mol. The molecule has 0 aromatic heterocycles. The van der Waals surface area contributed by atoms with Crippen LogP contribution in [0.15, 0.2) is 34.1 Å². The molecule has 66 valence electrons. The highest BCUT2D eigenvalue weighted by Gasteiger charge is 1.93. The van der Waals surface area contributed by atoms with Crippen molar-refractivity contribution in [1.82, 2.24) is 0 Å².